The summed E-state index contributed by atoms with van der Waals surface area (Å²) in [5.74, 6) is 0. The molecule has 0 unspecified atom stereocenters. The molecule has 62 heavy (non-hydrogen) atoms. The van der Waals surface area contributed by atoms with Gasteiger partial charge in [-0.3, -0.25) is 0 Å². The molecule has 0 bridgehead atoms. The van der Waals surface area contributed by atoms with E-state index in [1.54, 1.807) is 0 Å². The molecule has 1 heterocycles. The van der Waals surface area contributed by atoms with Crippen molar-refractivity contribution in [1.82, 2.24) is 0 Å². The molecule has 1 nitrogen and oxygen atoms in total. The van der Waals surface area contributed by atoms with E-state index < -0.39 is 0 Å². The molecular weight excluding hydrogens is 728 g/mol. The fourth-order valence-electron chi connectivity index (χ4n) is 12.0. The molecule has 0 fully saturated rings. The number of fused-ring (bicyclic) bond motifs is 10. The summed E-state index contributed by atoms with van der Waals surface area (Å²) < 4.78 is 7.28. The van der Waals surface area contributed by atoms with Gasteiger partial charge < -0.3 is 4.42 Å². The molecule has 0 atom stereocenters. The van der Waals surface area contributed by atoms with Crippen molar-refractivity contribution >= 4 is 302 Å². The van der Waals surface area contributed by atoms with Crippen molar-refractivity contribution in [2.75, 3.05) is 0 Å². The first-order valence-corrected chi connectivity index (χ1v) is 22.6. The van der Waals surface area contributed by atoms with Crippen molar-refractivity contribution in [2.45, 2.75) is 0 Å². The lowest BCUT2D eigenvalue weighted by Gasteiger charge is -2.30. The lowest BCUT2D eigenvalue weighted by Crippen LogP contribution is -2.50. The predicted molar refractivity (Wildman–Crippen MR) is 331 cm³/mol. The first-order valence-electron chi connectivity index (χ1n) is 22.6. The van der Waals surface area contributed by atoms with Crippen LogP contribution in [0.2, 0.25) is 0 Å². The molecule has 0 aliphatic heterocycles. The molecule has 18 heteroatoms. The van der Waals surface area contributed by atoms with Gasteiger partial charge in [-0.05, 0) is 76.8 Å². The Labute approximate surface area is 381 Å². The normalized spacial score (nSPS) is 12.0. The van der Waals surface area contributed by atoms with Gasteiger partial charge in [-0.2, -0.15) is 0 Å². The van der Waals surface area contributed by atoms with Gasteiger partial charge >= 0.3 is 0 Å². The van der Waals surface area contributed by atoms with Crippen LogP contribution in [0.1, 0.15) is 0 Å². The van der Waals surface area contributed by atoms with Crippen molar-refractivity contribution in [2.24, 2.45) is 0 Å². The molecule has 1 aromatic heterocycles. The average molecular weight is 772 g/mol. The van der Waals surface area contributed by atoms with E-state index >= 15 is 0 Å². The summed E-state index contributed by atoms with van der Waals surface area (Å²) in [4.78, 5) is 0. The second kappa shape index (κ2) is 14.1. The Morgan fingerprint density at radius 2 is 0.661 bits per heavy atom. The fraction of sp³-hybridized carbons (Fsp3) is 0. The molecular formula is C44H43B17O. The van der Waals surface area contributed by atoms with Crippen LogP contribution in [0.4, 0.5) is 0 Å². The number of rotatable bonds is 2. The molecule has 0 amide bonds. The highest BCUT2D eigenvalue weighted by Crippen LogP contribution is 2.42. The number of furan rings is 1. The van der Waals surface area contributed by atoms with Crippen molar-refractivity contribution in [3.63, 3.8) is 0 Å². The second-order valence-corrected chi connectivity index (χ2v) is 19.2. The summed E-state index contributed by atoms with van der Waals surface area (Å²) in [6.07, 6.45) is 0. The Kier molecular flexibility index (Phi) is 9.37. The summed E-state index contributed by atoms with van der Waals surface area (Å²) in [7, 11) is 39.7. The molecule has 0 radical (unpaired) electrons. The third-order valence-corrected chi connectivity index (χ3v) is 16.8. The SMILES string of the molecule is Bc1c(-c2c3c(B)c(B)c(B)c(B)c3c(-c3ccc4c(ccc5ccccc54)c3)c3c(B)c(B)c(B)c(B)c23)c(B)c2c(oc3c4c(B)c(B)c(B)c(B)c4c(B)c(B)c32)c1B. The van der Waals surface area contributed by atoms with Gasteiger partial charge in [0.1, 0.15) is 145 Å². The standard InChI is InChI=1S/C44H43B17O/c45-26-21(33(52)42(61)44-24(26)25-34(53)31(50)22-23(43(25)62-44)35(54)41(60)40(59)32(22)51)16-19-17(27(46)36(55)38(57)29(19)48)15(18-20(16)30(49)39(58)37(56)28(18)47)12-7-8-14-11(9-12)6-5-10-3-1-2-4-13(10)14/h1-9H,45-61H2. The molecule has 0 saturated heterocycles. The van der Waals surface area contributed by atoms with Crippen LogP contribution < -0.4 is 92.9 Å². The Morgan fingerprint density at radius 3 is 1.23 bits per heavy atom. The highest BCUT2D eigenvalue weighted by atomic mass is 16.3. The third kappa shape index (κ3) is 5.22. The molecule has 0 spiro atoms. The summed E-state index contributed by atoms with van der Waals surface area (Å²) in [6.45, 7) is 0. The molecule has 9 aromatic carbocycles. The quantitative estimate of drug-likeness (QED) is 0.0969. The highest BCUT2D eigenvalue weighted by Gasteiger charge is 2.30. The van der Waals surface area contributed by atoms with Crippen LogP contribution in [0.3, 0.4) is 0 Å². The van der Waals surface area contributed by atoms with Crippen LogP contribution in [0.25, 0.3) is 98.1 Å². The monoisotopic (exact) mass is 774 g/mol. The first-order chi connectivity index (χ1) is 29.4. The van der Waals surface area contributed by atoms with Gasteiger partial charge in [-0.15, -0.1) is 32.8 Å². The number of benzene rings is 9. The van der Waals surface area contributed by atoms with Crippen molar-refractivity contribution in [3.8, 4) is 22.3 Å². The van der Waals surface area contributed by atoms with Gasteiger partial charge in [0.2, 0.25) is 0 Å². The van der Waals surface area contributed by atoms with Crippen LogP contribution in [-0.4, -0.2) is 133 Å². The van der Waals surface area contributed by atoms with Gasteiger partial charge in [-0.25, -0.2) is 0 Å². The maximum absolute atomic E-state index is 7.28. The number of hydrogen-bond donors (Lipinski definition) is 0. The highest BCUT2D eigenvalue weighted by molar-refractivity contribution is 6.74. The average Bonchev–Trinajstić information content (AvgIpc) is 3.68. The van der Waals surface area contributed by atoms with E-state index in [0.29, 0.717) is 0 Å². The number of hydrogen-bond acceptors (Lipinski definition) is 1. The maximum Gasteiger partial charge on any atom is 0.143 e. The molecule has 0 saturated carbocycles. The first kappa shape index (κ1) is 41.2. The van der Waals surface area contributed by atoms with Gasteiger partial charge in [0.05, 0.1) is 0 Å². The van der Waals surface area contributed by atoms with E-state index in [4.69, 9.17) is 4.42 Å². The van der Waals surface area contributed by atoms with Gasteiger partial charge in [-0.1, -0.05) is 109 Å². The van der Waals surface area contributed by atoms with Crippen LogP contribution in [0.5, 0.6) is 0 Å². The molecule has 0 aliphatic carbocycles. The molecule has 10 aromatic rings. The molecule has 0 aliphatic rings. The Balaban J connectivity index is 1.46. The topological polar surface area (TPSA) is 13.1 Å². The van der Waals surface area contributed by atoms with Gasteiger partial charge in [0.15, 0.2) is 0 Å². The summed E-state index contributed by atoms with van der Waals surface area (Å²) in [6, 6.07) is 20.6. The summed E-state index contributed by atoms with van der Waals surface area (Å²) >= 11 is 0. The van der Waals surface area contributed by atoms with Crippen LogP contribution >= 0.6 is 0 Å². The molecule has 0 N–H and O–H groups in total. The minimum absolute atomic E-state index is 1.03. The van der Waals surface area contributed by atoms with E-state index in [-0.39, 0.29) is 0 Å². The molecule has 10 rings (SSSR count). The minimum Gasteiger partial charge on any atom is -0.456 e. The lowest BCUT2D eigenvalue weighted by molar-refractivity contribution is 0.676. The lowest BCUT2D eigenvalue weighted by atomic mass is 9.58. The van der Waals surface area contributed by atoms with E-state index in [2.05, 4.69) is 188 Å². The van der Waals surface area contributed by atoms with Crippen molar-refractivity contribution in [1.29, 1.82) is 0 Å². The van der Waals surface area contributed by atoms with E-state index in [9.17, 15) is 0 Å². The maximum atomic E-state index is 7.28. The largest absolute Gasteiger partial charge is 0.456 e. The van der Waals surface area contributed by atoms with Crippen LogP contribution in [-0.2, 0) is 0 Å². The minimum atomic E-state index is 1.03. The Morgan fingerprint density at radius 1 is 0.258 bits per heavy atom. The van der Waals surface area contributed by atoms with Crippen LogP contribution in [0, 0.1) is 0 Å². The Bertz CT molecular complexity index is 3700. The second-order valence-electron chi connectivity index (χ2n) is 19.2. The predicted octanol–water partition coefficient (Wildman–Crippen LogP) is -16.9. The zero-order valence-electron chi connectivity index (χ0n) is 40.1. The molecule has 276 valence electrons. The Hall–Kier alpha value is -4.82. The van der Waals surface area contributed by atoms with Crippen molar-refractivity contribution in [3.05, 3.63) is 54.6 Å². The summed E-state index contributed by atoms with van der Waals surface area (Å²) in [5, 5.41) is 15.8. The van der Waals surface area contributed by atoms with Crippen molar-refractivity contribution < 1.29 is 4.42 Å². The summed E-state index contributed by atoms with van der Waals surface area (Å²) in [5.41, 5.74) is 30.3. The van der Waals surface area contributed by atoms with E-state index in [1.807, 2.05) is 0 Å². The zero-order chi connectivity index (χ0) is 44.3. The fourth-order valence-corrected chi connectivity index (χ4v) is 12.0. The van der Waals surface area contributed by atoms with E-state index in [1.165, 1.54) is 180 Å². The third-order valence-electron chi connectivity index (χ3n) is 16.8. The van der Waals surface area contributed by atoms with Gasteiger partial charge in [0.25, 0.3) is 0 Å². The van der Waals surface area contributed by atoms with Crippen LogP contribution in [0.15, 0.2) is 59.0 Å². The zero-order valence-corrected chi connectivity index (χ0v) is 40.1. The smallest absolute Gasteiger partial charge is 0.143 e. The van der Waals surface area contributed by atoms with E-state index in [0.717, 1.165) is 11.2 Å². The van der Waals surface area contributed by atoms with Gasteiger partial charge in [0, 0.05) is 16.2 Å².